The summed E-state index contributed by atoms with van der Waals surface area (Å²) < 4.78 is 6.42. The van der Waals surface area contributed by atoms with Gasteiger partial charge in [0.2, 0.25) is 0 Å². The van der Waals surface area contributed by atoms with Gasteiger partial charge in [-0.25, -0.2) is 4.79 Å². The molecule has 1 heterocycles. The van der Waals surface area contributed by atoms with E-state index in [0.717, 1.165) is 0 Å². The molecule has 118 valence electrons. The SMILES string of the molecule is COc1ccc(-n2c3c(cc(C(=O)O)c2=O)C(=O)CCC3)cc1. The molecule has 6 nitrogen and oxygen atoms in total. The van der Waals surface area contributed by atoms with Crippen molar-refractivity contribution in [3.63, 3.8) is 0 Å². The second-order valence-electron chi connectivity index (χ2n) is 5.34. The van der Waals surface area contributed by atoms with E-state index in [4.69, 9.17) is 4.74 Å². The number of Topliss-reactive ketones (excluding diaryl/α,β-unsaturated/α-hetero) is 1. The lowest BCUT2D eigenvalue weighted by Gasteiger charge is -2.21. The van der Waals surface area contributed by atoms with Gasteiger partial charge in [-0.1, -0.05) is 0 Å². The first kappa shape index (κ1) is 15.0. The monoisotopic (exact) mass is 313 g/mol. The van der Waals surface area contributed by atoms with Crippen molar-refractivity contribution in [3.05, 3.63) is 57.5 Å². The number of benzene rings is 1. The number of nitrogens with zero attached hydrogens (tertiary/aromatic N) is 1. The average Bonchev–Trinajstić information content (AvgIpc) is 2.54. The van der Waals surface area contributed by atoms with Crippen LogP contribution in [0.5, 0.6) is 5.75 Å². The number of ether oxygens (including phenoxy) is 1. The number of hydrogen-bond acceptors (Lipinski definition) is 4. The van der Waals surface area contributed by atoms with E-state index in [1.54, 1.807) is 24.3 Å². The molecule has 0 unspecified atom stereocenters. The second-order valence-corrected chi connectivity index (χ2v) is 5.34. The molecule has 0 spiro atoms. The van der Waals surface area contributed by atoms with Crippen molar-refractivity contribution in [1.82, 2.24) is 4.57 Å². The highest BCUT2D eigenvalue weighted by molar-refractivity contribution is 6.00. The van der Waals surface area contributed by atoms with E-state index < -0.39 is 17.1 Å². The number of ketones is 1. The van der Waals surface area contributed by atoms with Crippen LogP contribution in [-0.4, -0.2) is 28.5 Å². The summed E-state index contributed by atoms with van der Waals surface area (Å²) in [6.07, 6.45) is 1.57. The van der Waals surface area contributed by atoms with Crippen LogP contribution in [0.4, 0.5) is 0 Å². The molecule has 2 aromatic rings. The summed E-state index contributed by atoms with van der Waals surface area (Å²) >= 11 is 0. The Hall–Kier alpha value is -2.89. The second kappa shape index (κ2) is 5.72. The van der Waals surface area contributed by atoms with Gasteiger partial charge in [0.1, 0.15) is 11.3 Å². The Morgan fingerprint density at radius 1 is 1.17 bits per heavy atom. The summed E-state index contributed by atoms with van der Waals surface area (Å²) in [6.45, 7) is 0. The van der Waals surface area contributed by atoms with Crippen LogP contribution in [0.2, 0.25) is 0 Å². The first-order valence-electron chi connectivity index (χ1n) is 7.22. The van der Waals surface area contributed by atoms with E-state index >= 15 is 0 Å². The van der Waals surface area contributed by atoms with Gasteiger partial charge in [-0.2, -0.15) is 0 Å². The molecule has 0 saturated heterocycles. The van der Waals surface area contributed by atoms with Crippen LogP contribution in [0.25, 0.3) is 5.69 Å². The van der Waals surface area contributed by atoms with E-state index in [2.05, 4.69) is 0 Å². The summed E-state index contributed by atoms with van der Waals surface area (Å²) in [6, 6.07) is 7.93. The van der Waals surface area contributed by atoms with E-state index in [0.29, 0.717) is 42.0 Å². The highest BCUT2D eigenvalue weighted by atomic mass is 16.5. The molecule has 23 heavy (non-hydrogen) atoms. The molecule has 0 radical (unpaired) electrons. The van der Waals surface area contributed by atoms with E-state index in [1.165, 1.54) is 17.7 Å². The lowest BCUT2D eigenvalue weighted by Crippen LogP contribution is -2.31. The molecule has 0 saturated carbocycles. The fourth-order valence-corrected chi connectivity index (χ4v) is 2.85. The number of aromatic carboxylic acids is 1. The van der Waals surface area contributed by atoms with Crippen molar-refractivity contribution < 1.29 is 19.4 Å². The molecular weight excluding hydrogens is 298 g/mol. The summed E-state index contributed by atoms with van der Waals surface area (Å²) in [5, 5.41) is 9.26. The molecule has 1 aliphatic rings. The molecule has 0 bridgehead atoms. The number of carboxylic acid groups (broad SMARTS) is 1. The minimum atomic E-state index is -1.33. The summed E-state index contributed by atoms with van der Waals surface area (Å²) in [7, 11) is 1.53. The third-order valence-corrected chi connectivity index (χ3v) is 3.98. The van der Waals surface area contributed by atoms with E-state index in [1.807, 2.05) is 0 Å². The van der Waals surface area contributed by atoms with Crippen LogP contribution in [0.1, 0.15) is 39.3 Å². The van der Waals surface area contributed by atoms with Crippen molar-refractivity contribution in [2.24, 2.45) is 0 Å². The van der Waals surface area contributed by atoms with Gasteiger partial charge in [-0.3, -0.25) is 14.2 Å². The smallest absolute Gasteiger partial charge is 0.341 e. The lowest BCUT2D eigenvalue weighted by atomic mass is 9.93. The standard InChI is InChI=1S/C17H15NO5/c1-23-11-7-5-10(6-8-11)18-14-3-2-4-15(19)12(14)9-13(16(18)20)17(21)22/h5-9H,2-4H2,1H3,(H,21,22). The largest absolute Gasteiger partial charge is 0.497 e. The van der Waals surface area contributed by atoms with Crippen molar-refractivity contribution in [2.75, 3.05) is 7.11 Å². The molecule has 1 N–H and O–H groups in total. The van der Waals surface area contributed by atoms with Crippen LogP contribution in [-0.2, 0) is 6.42 Å². The van der Waals surface area contributed by atoms with Crippen LogP contribution < -0.4 is 10.3 Å². The number of hydrogen-bond donors (Lipinski definition) is 1. The predicted octanol–water partition coefficient (Wildman–Crippen LogP) is 2.06. The number of rotatable bonds is 3. The van der Waals surface area contributed by atoms with Gasteiger partial charge in [0.05, 0.1) is 7.11 Å². The molecule has 6 heteroatoms. The Morgan fingerprint density at radius 3 is 2.48 bits per heavy atom. The molecule has 1 aliphatic carbocycles. The number of aromatic nitrogens is 1. The number of fused-ring (bicyclic) bond motifs is 1. The molecule has 0 fully saturated rings. The summed E-state index contributed by atoms with van der Waals surface area (Å²) in [4.78, 5) is 36.1. The topological polar surface area (TPSA) is 85.6 Å². The molecule has 0 atom stereocenters. The lowest BCUT2D eigenvalue weighted by molar-refractivity contribution is 0.0694. The highest BCUT2D eigenvalue weighted by Crippen LogP contribution is 2.24. The predicted molar refractivity (Wildman–Crippen MR) is 82.8 cm³/mol. The summed E-state index contributed by atoms with van der Waals surface area (Å²) in [5.41, 5.74) is 0.390. The van der Waals surface area contributed by atoms with Crippen LogP contribution >= 0.6 is 0 Å². The van der Waals surface area contributed by atoms with Crippen molar-refractivity contribution in [1.29, 1.82) is 0 Å². The Labute approximate surface area is 131 Å². The maximum atomic E-state index is 12.6. The third kappa shape index (κ3) is 2.52. The summed E-state index contributed by atoms with van der Waals surface area (Å²) in [5.74, 6) is -0.837. The Kier molecular flexibility index (Phi) is 3.73. The number of methoxy groups -OCH3 is 1. The zero-order valence-electron chi connectivity index (χ0n) is 12.5. The molecular formula is C17H15NO5. The fraction of sp³-hybridized carbons (Fsp3) is 0.235. The minimum Gasteiger partial charge on any atom is -0.497 e. The van der Waals surface area contributed by atoms with Crippen molar-refractivity contribution in [3.8, 4) is 11.4 Å². The molecule has 3 rings (SSSR count). The van der Waals surface area contributed by atoms with Crippen molar-refractivity contribution in [2.45, 2.75) is 19.3 Å². The zero-order valence-corrected chi connectivity index (χ0v) is 12.5. The number of pyridine rings is 1. The van der Waals surface area contributed by atoms with Crippen LogP contribution in [0, 0.1) is 0 Å². The first-order chi connectivity index (χ1) is 11.0. The third-order valence-electron chi connectivity index (χ3n) is 3.98. The average molecular weight is 313 g/mol. The molecule has 1 aromatic heterocycles. The Bertz CT molecular complexity index is 849. The molecule has 0 amide bonds. The highest BCUT2D eigenvalue weighted by Gasteiger charge is 2.25. The van der Waals surface area contributed by atoms with Gasteiger partial charge in [-0.05, 0) is 43.2 Å². The van der Waals surface area contributed by atoms with Gasteiger partial charge >= 0.3 is 5.97 Å². The quantitative estimate of drug-likeness (QED) is 0.937. The normalized spacial score (nSPS) is 13.5. The number of carboxylic acids is 1. The first-order valence-corrected chi connectivity index (χ1v) is 7.22. The van der Waals surface area contributed by atoms with Crippen LogP contribution in [0.3, 0.4) is 0 Å². The van der Waals surface area contributed by atoms with Crippen LogP contribution in [0.15, 0.2) is 35.1 Å². The van der Waals surface area contributed by atoms with Gasteiger partial charge in [0, 0.05) is 23.4 Å². The Morgan fingerprint density at radius 2 is 1.87 bits per heavy atom. The van der Waals surface area contributed by atoms with Gasteiger partial charge in [-0.15, -0.1) is 0 Å². The minimum absolute atomic E-state index is 0.129. The van der Waals surface area contributed by atoms with E-state index in [9.17, 15) is 19.5 Å². The maximum absolute atomic E-state index is 12.6. The zero-order chi connectivity index (χ0) is 16.6. The van der Waals surface area contributed by atoms with Gasteiger partial charge < -0.3 is 9.84 Å². The van der Waals surface area contributed by atoms with E-state index in [-0.39, 0.29) is 5.78 Å². The van der Waals surface area contributed by atoms with Gasteiger partial charge in [0.25, 0.3) is 5.56 Å². The molecule has 0 aliphatic heterocycles. The fourth-order valence-electron chi connectivity index (χ4n) is 2.85. The van der Waals surface area contributed by atoms with Gasteiger partial charge in [0.15, 0.2) is 5.78 Å². The Balaban J connectivity index is 2.31. The number of carbonyl (C=O) groups is 2. The van der Waals surface area contributed by atoms with Crippen molar-refractivity contribution >= 4 is 11.8 Å². The number of carbonyl (C=O) groups excluding carboxylic acids is 1. The molecule has 1 aromatic carbocycles. The maximum Gasteiger partial charge on any atom is 0.341 e.